The maximum absolute atomic E-state index is 12.7. The Labute approximate surface area is 195 Å². The van der Waals surface area contributed by atoms with Crippen LogP contribution in [0.25, 0.3) is 10.9 Å². The number of likely N-dealkylation sites (tertiary alicyclic amines) is 1. The number of nitrogens with one attached hydrogen (secondary N) is 2. The van der Waals surface area contributed by atoms with Crippen molar-refractivity contribution < 1.29 is 17.9 Å². The molecule has 2 N–H and O–H groups in total. The minimum atomic E-state index is -3.63. The van der Waals surface area contributed by atoms with E-state index in [1.54, 1.807) is 25.3 Å². The lowest BCUT2D eigenvalue weighted by atomic mass is 9.89. The number of aryl methyl sites for hydroxylation is 2. The zero-order valence-electron chi connectivity index (χ0n) is 19.3. The van der Waals surface area contributed by atoms with Gasteiger partial charge in [0, 0.05) is 43.2 Å². The summed E-state index contributed by atoms with van der Waals surface area (Å²) in [7, 11) is -1.96. The number of amides is 1. The number of piperidine rings is 1. The highest BCUT2D eigenvalue weighted by Gasteiger charge is 2.26. The molecule has 1 saturated heterocycles. The van der Waals surface area contributed by atoms with E-state index in [0.29, 0.717) is 19.0 Å². The van der Waals surface area contributed by atoms with Gasteiger partial charge < -0.3 is 14.6 Å². The van der Waals surface area contributed by atoms with Gasteiger partial charge in [0.1, 0.15) is 5.75 Å². The predicted octanol–water partition coefficient (Wildman–Crippen LogP) is 3.87. The van der Waals surface area contributed by atoms with Crippen molar-refractivity contribution in [1.82, 2.24) is 14.6 Å². The molecule has 3 aromatic rings. The Morgan fingerprint density at radius 3 is 2.58 bits per heavy atom. The summed E-state index contributed by atoms with van der Waals surface area (Å²) in [5, 5.41) is 1.17. The van der Waals surface area contributed by atoms with E-state index in [0.717, 1.165) is 35.2 Å². The Kier molecular flexibility index (Phi) is 6.76. The van der Waals surface area contributed by atoms with Crippen LogP contribution in [0.2, 0.25) is 0 Å². The molecule has 0 radical (unpaired) electrons. The Morgan fingerprint density at radius 2 is 1.88 bits per heavy atom. The van der Waals surface area contributed by atoms with Gasteiger partial charge in [-0.3, -0.25) is 4.79 Å². The quantitative estimate of drug-likeness (QED) is 0.550. The SMILES string of the molecule is COc1ccc2[nH]cc(C3CCN(C(=O)CCNS(=O)(=O)c4ccc(C)c(C)c4)CC3)c2c1. The summed E-state index contributed by atoms with van der Waals surface area (Å²) < 4.78 is 33.0. The predicted molar refractivity (Wildman–Crippen MR) is 129 cm³/mol. The molecule has 0 aliphatic carbocycles. The van der Waals surface area contributed by atoms with Gasteiger partial charge in [0.05, 0.1) is 12.0 Å². The molecular weight excluding hydrogens is 438 g/mol. The summed E-state index contributed by atoms with van der Waals surface area (Å²) in [6, 6.07) is 11.1. The molecule has 176 valence electrons. The van der Waals surface area contributed by atoms with E-state index in [1.165, 1.54) is 10.9 Å². The highest BCUT2D eigenvalue weighted by molar-refractivity contribution is 7.89. The van der Waals surface area contributed by atoms with Crippen molar-refractivity contribution in [2.45, 2.75) is 43.9 Å². The molecule has 8 heteroatoms. The lowest BCUT2D eigenvalue weighted by Crippen LogP contribution is -2.39. The summed E-state index contributed by atoms with van der Waals surface area (Å²) in [6.07, 6.45) is 3.97. The number of hydrogen-bond acceptors (Lipinski definition) is 4. The second kappa shape index (κ2) is 9.57. The van der Waals surface area contributed by atoms with Gasteiger partial charge in [0.15, 0.2) is 0 Å². The lowest BCUT2D eigenvalue weighted by Gasteiger charge is -2.32. The van der Waals surface area contributed by atoms with Crippen molar-refractivity contribution in [2.75, 3.05) is 26.7 Å². The number of aromatic nitrogens is 1. The van der Waals surface area contributed by atoms with Crippen LogP contribution in [0.1, 0.15) is 41.9 Å². The topological polar surface area (TPSA) is 91.5 Å². The van der Waals surface area contributed by atoms with E-state index in [1.807, 2.05) is 30.9 Å². The highest BCUT2D eigenvalue weighted by Crippen LogP contribution is 2.34. The van der Waals surface area contributed by atoms with E-state index in [9.17, 15) is 13.2 Å². The van der Waals surface area contributed by atoms with Crippen LogP contribution in [0.15, 0.2) is 47.5 Å². The molecule has 7 nitrogen and oxygen atoms in total. The molecule has 2 heterocycles. The zero-order chi connectivity index (χ0) is 23.6. The number of hydrogen-bond donors (Lipinski definition) is 2. The van der Waals surface area contributed by atoms with Crippen LogP contribution in [0, 0.1) is 13.8 Å². The Hall–Kier alpha value is -2.84. The molecule has 1 fully saturated rings. The van der Waals surface area contributed by atoms with Gasteiger partial charge in [-0.25, -0.2) is 13.1 Å². The third-order valence-electron chi connectivity index (χ3n) is 6.63. The van der Waals surface area contributed by atoms with E-state index >= 15 is 0 Å². The summed E-state index contributed by atoms with van der Waals surface area (Å²) in [5.74, 6) is 1.19. The van der Waals surface area contributed by atoms with E-state index < -0.39 is 10.0 Å². The van der Waals surface area contributed by atoms with Crippen molar-refractivity contribution >= 4 is 26.8 Å². The van der Waals surface area contributed by atoms with Gasteiger partial charge in [-0.15, -0.1) is 0 Å². The van der Waals surface area contributed by atoms with Crippen molar-refractivity contribution in [1.29, 1.82) is 0 Å². The third-order valence-corrected chi connectivity index (χ3v) is 8.09. The maximum atomic E-state index is 12.7. The molecule has 1 amide bonds. The van der Waals surface area contributed by atoms with Gasteiger partial charge in [-0.05, 0) is 79.6 Å². The zero-order valence-corrected chi connectivity index (χ0v) is 20.2. The van der Waals surface area contributed by atoms with Gasteiger partial charge >= 0.3 is 0 Å². The fourth-order valence-electron chi connectivity index (χ4n) is 4.44. The first-order valence-electron chi connectivity index (χ1n) is 11.3. The van der Waals surface area contributed by atoms with Crippen LogP contribution >= 0.6 is 0 Å². The molecular formula is C25H31N3O4S. The fraction of sp³-hybridized carbons (Fsp3) is 0.400. The molecule has 2 aromatic carbocycles. The molecule has 4 rings (SSSR count). The molecule has 0 spiro atoms. The monoisotopic (exact) mass is 469 g/mol. The first-order valence-corrected chi connectivity index (χ1v) is 12.8. The van der Waals surface area contributed by atoms with Crippen molar-refractivity contribution in [3.05, 3.63) is 59.3 Å². The average Bonchev–Trinajstić information content (AvgIpc) is 3.23. The smallest absolute Gasteiger partial charge is 0.240 e. The summed E-state index contributed by atoms with van der Waals surface area (Å²) in [4.78, 5) is 18.1. The van der Waals surface area contributed by atoms with Gasteiger partial charge in [-0.1, -0.05) is 6.07 Å². The standard InChI is InChI=1S/C25H31N3O4S/c1-17-4-6-21(14-18(17)2)33(30,31)27-11-8-25(29)28-12-9-19(10-13-28)23-16-26-24-7-5-20(32-3)15-22(23)24/h4-7,14-16,19,26-27H,8-13H2,1-3H3. The molecule has 0 atom stereocenters. The molecule has 1 aliphatic heterocycles. The van der Waals surface area contributed by atoms with Crippen molar-refractivity contribution in [3.63, 3.8) is 0 Å². The molecule has 0 bridgehead atoms. The van der Waals surface area contributed by atoms with Gasteiger partial charge in [0.25, 0.3) is 0 Å². The lowest BCUT2D eigenvalue weighted by molar-refractivity contribution is -0.132. The van der Waals surface area contributed by atoms with Gasteiger partial charge in [0.2, 0.25) is 15.9 Å². The minimum absolute atomic E-state index is 0.0168. The highest BCUT2D eigenvalue weighted by atomic mass is 32.2. The molecule has 0 unspecified atom stereocenters. The third kappa shape index (κ3) is 5.07. The van der Waals surface area contributed by atoms with Crippen LogP contribution in [-0.4, -0.2) is 51.0 Å². The molecule has 0 saturated carbocycles. The molecule has 1 aromatic heterocycles. The Morgan fingerprint density at radius 1 is 1.12 bits per heavy atom. The number of carbonyl (C=O) groups excluding carboxylic acids is 1. The first-order chi connectivity index (χ1) is 15.8. The molecule has 33 heavy (non-hydrogen) atoms. The summed E-state index contributed by atoms with van der Waals surface area (Å²) in [5.41, 5.74) is 4.31. The number of benzene rings is 2. The van der Waals surface area contributed by atoms with Crippen LogP contribution in [0.4, 0.5) is 0 Å². The summed E-state index contributed by atoms with van der Waals surface area (Å²) in [6.45, 7) is 5.26. The number of aromatic amines is 1. The number of H-pyrrole nitrogens is 1. The largest absolute Gasteiger partial charge is 0.497 e. The van der Waals surface area contributed by atoms with Crippen LogP contribution in [-0.2, 0) is 14.8 Å². The second-order valence-corrected chi connectivity index (χ2v) is 10.5. The number of ether oxygens (including phenoxy) is 1. The van der Waals surface area contributed by atoms with Crippen LogP contribution in [0.3, 0.4) is 0 Å². The number of nitrogens with zero attached hydrogens (tertiary/aromatic N) is 1. The number of sulfonamides is 1. The number of carbonyl (C=O) groups is 1. The van der Waals surface area contributed by atoms with Gasteiger partial charge in [-0.2, -0.15) is 0 Å². The minimum Gasteiger partial charge on any atom is -0.497 e. The first kappa shape index (κ1) is 23.3. The fourth-order valence-corrected chi connectivity index (χ4v) is 5.56. The Bertz CT molecular complexity index is 1260. The number of fused-ring (bicyclic) bond motifs is 1. The maximum Gasteiger partial charge on any atom is 0.240 e. The van der Waals surface area contributed by atoms with Crippen LogP contribution < -0.4 is 9.46 Å². The van der Waals surface area contributed by atoms with E-state index in [-0.39, 0.29) is 23.8 Å². The van der Waals surface area contributed by atoms with Crippen LogP contribution in [0.5, 0.6) is 5.75 Å². The normalized spacial score (nSPS) is 15.2. The van der Waals surface area contributed by atoms with E-state index in [2.05, 4.69) is 22.0 Å². The second-order valence-electron chi connectivity index (χ2n) is 8.70. The summed E-state index contributed by atoms with van der Waals surface area (Å²) >= 11 is 0. The number of methoxy groups -OCH3 is 1. The average molecular weight is 470 g/mol. The van der Waals surface area contributed by atoms with Crippen molar-refractivity contribution in [3.8, 4) is 5.75 Å². The van der Waals surface area contributed by atoms with Crippen molar-refractivity contribution in [2.24, 2.45) is 0 Å². The van der Waals surface area contributed by atoms with E-state index in [4.69, 9.17) is 4.74 Å². The molecule has 1 aliphatic rings. The number of rotatable bonds is 7. The Balaban J connectivity index is 1.30.